The maximum Gasteiger partial charge on any atom is 0.0659 e. The molecule has 27 heavy (non-hydrogen) atoms. The molecular weight excluding hydrogens is 352 g/mol. The molecular formula is C22H20N4S. The van der Waals surface area contributed by atoms with Crippen LogP contribution in [0.4, 0.5) is 0 Å². The van der Waals surface area contributed by atoms with Crippen LogP contribution in [0.25, 0.3) is 46.4 Å². The second-order valence-electron chi connectivity index (χ2n) is 6.22. The molecule has 0 saturated carbocycles. The molecule has 0 radical (unpaired) electrons. The minimum atomic E-state index is 0.915. The summed E-state index contributed by atoms with van der Waals surface area (Å²) in [6.07, 6.45) is 8.05. The van der Waals surface area contributed by atoms with Gasteiger partial charge in [0.25, 0.3) is 0 Å². The number of thiol groups is 1. The molecule has 4 nitrogen and oxygen atoms in total. The van der Waals surface area contributed by atoms with Crippen LogP contribution in [0.5, 0.6) is 0 Å². The summed E-state index contributed by atoms with van der Waals surface area (Å²) in [5.74, 6) is 0.944. The Balaban J connectivity index is 0.000000565. The first-order valence-electron chi connectivity index (χ1n) is 8.87. The van der Waals surface area contributed by atoms with Crippen LogP contribution in [0.2, 0.25) is 0 Å². The van der Waals surface area contributed by atoms with E-state index in [4.69, 9.17) is 0 Å². The Kier molecular flexibility index (Phi) is 4.94. The molecule has 8 bridgehead atoms. The predicted octanol–water partition coefficient (Wildman–Crippen LogP) is 5.59. The van der Waals surface area contributed by atoms with Crippen LogP contribution in [-0.2, 0) is 0 Å². The van der Waals surface area contributed by atoms with E-state index in [1.54, 1.807) is 0 Å². The fourth-order valence-corrected chi connectivity index (χ4v) is 2.94. The van der Waals surface area contributed by atoms with Crippen LogP contribution >= 0.6 is 12.6 Å². The maximum absolute atomic E-state index is 4.62. The molecule has 0 atom stereocenters. The third kappa shape index (κ3) is 4.20. The summed E-state index contributed by atoms with van der Waals surface area (Å²) >= 11 is 3.79. The molecule has 2 aliphatic heterocycles. The van der Waals surface area contributed by atoms with Crippen LogP contribution in [-0.4, -0.2) is 25.7 Å². The summed E-state index contributed by atoms with van der Waals surface area (Å²) in [6.45, 7) is 1.99. The minimum Gasteiger partial charge on any atom is -0.355 e. The maximum atomic E-state index is 4.62. The summed E-state index contributed by atoms with van der Waals surface area (Å²) in [6, 6.07) is 16.4. The molecule has 5 rings (SSSR count). The van der Waals surface area contributed by atoms with Crippen molar-refractivity contribution in [3.8, 4) is 0 Å². The van der Waals surface area contributed by atoms with Gasteiger partial charge in [-0.2, -0.15) is 12.6 Å². The van der Waals surface area contributed by atoms with Crippen LogP contribution in [0.3, 0.4) is 0 Å². The van der Waals surface area contributed by atoms with Gasteiger partial charge in [0.05, 0.1) is 22.8 Å². The SMILES string of the molecule is C1=Cc2cc3ccc(cc4ccc(cc5nc(cc1n2)C=C5)[nH]4)[nH]3.CCS. The predicted molar refractivity (Wildman–Crippen MR) is 118 cm³/mol. The van der Waals surface area contributed by atoms with Crippen molar-refractivity contribution in [1.82, 2.24) is 19.9 Å². The molecule has 0 aromatic carbocycles. The van der Waals surface area contributed by atoms with Gasteiger partial charge in [-0.3, -0.25) is 0 Å². The highest BCUT2D eigenvalue weighted by atomic mass is 32.1. The van der Waals surface area contributed by atoms with E-state index < -0.39 is 0 Å². The summed E-state index contributed by atoms with van der Waals surface area (Å²) < 4.78 is 0. The summed E-state index contributed by atoms with van der Waals surface area (Å²) in [7, 11) is 0. The Bertz CT molecular complexity index is 1090. The second kappa shape index (κ2) is 7.68. The molecule has 3 aromatic heterocycles. The smallest absolute Gasteiger partial charge is 0.0659 e. The van der Waals surface area contributed by atoms with Crippen molar-refractivity contribution in [1.29, 1.82) is 0 Å². The topological polar surface area (TPSA) is 57.4 Å². The van der Waals surface area contributed by atoms with Crippen LogP contribution in [0, 0.1) is 0 Å². The molecule has 0 unspecified atom stereocenters. The average Bonchev–Trinajstić information content (AvgIpc) is 3.41. The molecule has 0 spiro atoms. The van der Waals surface area contributed by atoms with E-state index in [0.29, 0.717) is 0 Å². The average molecular weight is 372 g/mol. The lowest BCUT2D eigenvalue weighted by molar-refractivity contribution is 1.28. The van der Waals surface area contributed by atoms with Crippen molar-refractivity contribution in [2.24, 2.45) is 0 Å². The van der Waals surface area contributed by atoms with Gasteiger partial charge in [-0.25, -0.2) is 9.97 Å². The normalized spacial score (nSPS) is 11.9. The Labute approximate surface area is 163 Å². The zero-order chi connectivity index (χ0) is 18.6. The third-order valence-electron chi connectivity index (χ3n) is 4.04. The summed E-state index contributed by atoms with van der Waals surface area (Å²) in [5, 5.41) is 0. The molecule has 2 N–H and O–H groups in total. The zero-order valence-corrected chi connectivity index (χ0v) is 15.9. The van der Waals surface area contributed by atoms with Gasteiger partial charge in [-0.05, 0) is 78.6 Å². The molecule has 0 saturated heterocycles. The lowest BCUT2D eigenvalue weighted by atomic mass is 10.3. The number of H-pyrrole nitrogens is 2. The van der Waals surface area contributed by atoms with Crippen molar-refractivity contribution >= 4 is 59.0 Å². The van der Waals surface area contributed by atoms with Gasteiger partial charge in [0.1, 0.15) is 0 Å². The third-order valence-corrected chi connectivity index (χ3v) is 4.04. The molecule has 3 aromatic rings. The quantitative estimate of drug-likeness (QED) is 0.310. The molecule has 5 heteroatoms. The number of nitrogens with one attached hydrogen (secondary N) is 2. The number of aromatic amines is 2. The highest BCUT2D eigenvalue weighted by molar-refractivity contribution is 7.80. The van der Waals surface area contributed by atoms with Crippen LogP contribution in [0.1, 0.15) is 29.7 Å². The van der Waals surface area contributed by atoms with Gasteiger partial charge >= 0.3 is 0 Å². The fourth-order valence-electron chi connectivity index (χ4n) is 2.94. The van der Waals surface area contributed by atoms with Crippen molar-refractivity contribution in [2.75, 3.05) is 5.75 Å². The second-order valence-corrected chi connectivity index (χ2v) is 6.85. The molecule has 5 heterocycles. The van der Waals surface area contributed by atoms with E-state index in [-0.39, 0.29) is 0 Å². The number of fused-ring (bicyclic) bond motifs is 8. The number of hydrogen-bond donors (Lipinski definition) is 3. The Morgan fingerprint density at radius 2 is 0.963 bits per heavy atom. The standard InChI is InChI=1S/C20H14N4.C2H6S/c1-2-14-10-16-5-6-18(23-16)12-20-8-7-19(24-20)11-17-4-3-15(22-17)9-13(1)21-14;1-2-3/h1-12,21-22H;3H,2H2,1H3. The van der Waals surface area contributed by atoms with Crippen molar-refractivity contribution in [3.05, 3.63) is 71.3 Å². The van der Waals surface area contributed by atoms with Crippen LogP contribution in [0.15, 0.2) is 48.5 Å². The van der Waals surface area contributed by atoms with E-state index in [1.165, 1.54) is 0 Å². The van der Waals surface area contributed by atoms with E-state index in [9.17, 15) is 0 Å². The largest absolute Gasteiger partial charge is 0.355 e. The minimum absolute atomic E-state index is 0.915. The summed E-state index contributed by atoms with van der Waals surface area (Å²) in [4.78, 5) is 16.0. The van der Waals surface area contributed by atoms with E-state index in [0.717, 1.165) is 50.6 Å². The van der Waals surface area contributed by atoms with E-state index in [2.05, 4.69) is 62.9 Å². The zero-order valence-electron chi connectivity index (χ0n) is 15.0. The Morgan fingerprint density at radius 3 is 1.37 bits per heavy atom. The highest BCUT2D eigenvalue weighted by Crippen LogP contribution is 2.17. The fraction of sp³-hybridized carbons (Fsp3) is 0.0909. The lowest BCUT2D eigenvalue weighted by Gasteiger charge is -1.86. The number of hydrogen-bond acceptors (Lipinski definition) is 3. The van der Waals surface area contributed by atoms with Gasteiger partial charge < -0.3 is 9.97 Å². The van der Waals surface area contributed by atoms with Gasteiger partial charge in [0.2, 0.25) is 0 Å². The number of aromatic nitrogens is 4. The first kappa shape index (κ1) is 17.4. The van der Waals surface area contributed by atoms with Crippen molar-refractivity contribution in [2.45, 2.75) is 6.92 Å². The molecule has 0 amide bonds. The van der Waals surface area contributed by atoms with Crippen LogP contribution < -0.4 is 0 Å². The van der Waals surface area contributed by atoms with E-state index >= 15 is 0 Å². The first-order valence-corrected chi connectivity index (χ1v) is 9.50. The van der Waals surface area contributed by atoms with Gasteiger partial charge in [0.15, 0.2) is 0 Å². The van der Waals surface area contributed by atoms with Gasteiger partial charge in [-0.15, -0.1) is 0 Å². The molecule has 134 valence electrons. The molecule has 0 aliphatic carbocycles. The molecule has 0 fully saturated rings. The first-order chi connectivity index (χ1) is 13.2. The van der Waals surface area contributed by atoms with Crippen molar-refractivity contribution < 1.29 is 0 Å². The number of rotatable bonds is 0. The monoisotopic (exact) mass is 372 g/mol. The Hall–Kier alpha value is -3.05. The van der Waals surface area contributed by atoms with E-state index in [1.807, 2.05) is 49.4 Å². The molecule has 2 aliphatic rings. The number of nitrogens with zero attached hydrogens (tertiary/aromatic N) is 2. The van der Waals surface area contributed by atoms with Gasteiger partial charge in [0, 0.05) is 22.1 Å². The van der Waals surface area contributed by atoms with Gasteiger partial charge in [-0.1, -0.05) is 6.92 Å². The van der Waals surface area contributed by atoms with Crippen molar-refractivity contribution in [3.63, 3.8) is 0 Å². The lowest BCUT2D eigenvalue weighted by Crippen LogP contribution is -1.77. The Morgan fingerprint density at radius 1 is 0.630 bits per heavy atom. The summed E-state index contributed by atoms with van der Waals surface area (Å²) in [5.41, 5.74) is 7.86. The highest BCUT2D eigenvalue weighted by Gasteiger charge is 2.02.